The van der Waals surface area contributed by atoms with Crippen LogP contribution in [0.15, 0.2) is 15.3 Å². The molecule has 2 aromatic rings. The Bertz CT molecular complexity index is 1020. The van der Waals surface area contributed by atoms with Crippen molar-refractivity contribution in [2.75, 3.05) is 6.61 Å². The molecule has 1 aromatic carbocycles. The van der Waals surface area contributed by atoms with E-state index >= 15 is 0 Å². The first-order valence-corrected chi connectivity index (χ1v) is 9.77. The summed E-state index contributed by atoms with van der Waals surface area (Å²) >= 11 is 0. The minimum atomic E-state index is -0.487. The van der Waals surface area contributed by atoms with Crippen LogP contribution < -0.4 is 15.1 Å². The Labute approximate surface area is 165 Å². The fraction of sp³-hybridized carbons (Fsp3) is 0.478. The molecule has 0 amide bonds. The lowest BCUT2D eigenvalue weighted by Crippen LogP contribution is -2.33. The van der Waals surface area contributed by atoms with Gasteiger partial charge in [-0.2, -0.15) is 0 Å². The summed E-state index contributed by atoms with van der Waals surface area (Å²) in [7, 11) is 0. The van der Waals surface area contributed by atoms with Crippen LogP contribution >= 0.6 is 0 Å². The van der Waals surface area contributed by atoms with Gasteiger partial charge >= 0.3 is 5.63 Å². The maximum atomic E-state index is 12.9. The summed E-state index contributed by atoms with van der Waals surface area (Å²) in [5.74, 6) is 3.32. The number of fused-ring (bicyclic) bond motifs is 3. The van der Waals surface area contributed by atoms with Gasteiger partial charge in [0.05, 0.1) is 5.39 Å². The Morgan fingerprint density at radius 1 is 1.36 bits per heavy atom. The van der Waals surface area contributed by atoms with Crippen molar-refractivity contribution in [2.45, 2.75) is 65.4 Å². The number of ketones is 1. The Morgan fingerprint density at radius 2 is 2.11 bits per heavy atom. The van der Waals surface area contributed by atoms with Crippen LogP contribution in [0.25, 0.3) is 11.0 Å². The van der Waals surface area contributed by atoms with Crippen molar-refractivity contribution in [3.8, 4) is 23.8 Å². The van der Waals surface area contributed by atoms with E-state index in [4.69, 9.17) is 20.3 Å². The highest BCUT2D eigenvalue weighted by Gasteiger charge is 2.35. The third kappa shape index (κ3) is 3.52. The number of terminal acetylenes is 1. The van der Waals surface area contributed by atoms with E-state index in [-0.39, 0.29) is 30.0 Å². The predicted octanol–water partition coefficient (Wildman–Crippen LogP) is 4.45. The Morgan fingerprint density at radius 3 is 2.75 bits per heavy atom. The number of carbonyl (C=O) groups excluding carboxylic acids is 1. The summed E-state index contributed by atoms with van der Waals surface area (Å²) in [4.78, 5) is 25.1. The molecule has 0 saturated carbocycles. The zero-order valence-electron chi connectivity index (χ0n) is 16.9. The molecule has 28 heavy (non-hydrogen) atoms. The zero-order valence-corrected chi connectivity index (χ0v) is 16.9. The smallest absolute Gasteiger partial charge is 0.336 e. The van der Waals surface area contributed by atoms with Gasteiger partial charge < -0.3 is 13.9 Å². The maximum absolute atomic E-state index is 12.9. The van der Waals surface area contributed by atoms with Crippen molar-refractivity contribution in [3.63, 3.8) is 0 Å². The summed E-state index contributed by atoms with van der Waals surface area (Å²) in [6.07, 6.45) is 8.64. The van der Waals surface area contributed by atoms with Gasteiger partial charge in [0, 0.05) is 18.1 Å². The van der Waals surface area contributed by atoms with Crippen molar-refractivity contribution in [3.05, 3.63) is 33.2 Å². The van der Waals surface area contributed by atoms with Crippen LogP contribution in [-0.4, -0.2) is 18.0 Å². The van der Waals surface area contributed by atoms with Crippen molar-refractivity contribution in [1.82, 2.24) is 0 Å². The molecule has 0 spiro atoms. The van der Waals surface area contributed by atoms with E-state index < -0.39 is 5.63 Å². The van der Waals surface area contributed by atoms with E-state index in [9.17, 15) is 9.59 Å². The standard InChI is InChI=1S/C23H26O5/c1-6-9-14-13-17(25)27-22-18(14)21-15(10-11-23(4,5)28-21)20(26-12-7-2)19(22)16(24)8-3/h2,13H,6,8-12H2,1,3-5H3. The highest BCUT2D eigenvalue weighted by molar-refractivity contribution is 6.11. The fourth-order valence-corrected chi connectivity index (χ4v) is 3.74. The van der Waals surface area contributed by atoms with Crippen LogP contribution in [0.3, 0.4) is 0 Å². The Balaban J connectivity index is 2.49. The first kappa shape index (κ1) is 20.0. The number of rotatable bonds is 6. The second kappa shape index (κ2) is 7.71. The van der Waals surface area contributed by atoms with Gasteiger partial charge in [0.25, 0.3) is 0 Å². The third-order valence-electron chi connectivity index (χ3n) is 5.05. The van der Waals surface area contributed by atoms with Gasteiger partial charge in [0.1, 0.15) is 29.3 Å². The number of hydrogen-bond acceptors (Lipinski definition) is 5. The first-order chi connectivity index (χ1) is 13.3. The van der Waals surface area contributed by atoms with Gasteiger partial charge in [-0.1, -0.05) is 26.2 Å². The van der Waals surface area contributed by atoms with Gasteiger partial charge in [-0.25, -0.2) is 4.79 Å². The largest absolute Gasteiger partial charge is 0.487 e. The molecule has 0 radical (unpaired) electrons. The van der Waals surface area contributed by atoms with Crippen molar-refractivity contribution in [1.29, 1.82) is 0 Å². The monoisotopic (exact) mass is 382 g/mol. The minimum absolute atomic E-state index is 0.0181. The average Bonchev–Trinajstić information content (AvgIpc) is 2.64. The molecule has 0 aliphatic carbocycles. The van der Waals surface area contributed by atoms with Crippen molar-refractivity contribution in [2.24, 2.45) is 0 Å². The zero-order chi connectivity index (χ0) is 20.5. The molecule has 2 heterocycles. The lowest BCUT2D eigenvalue weighted by Gasteiger charge is -2.35. The number of carbonyl (C=O) groups is 1. The normalized spacial score (nSPS) is 14.8. The molecule has 148 valence electrons. The second-order valence-electron chi connectivity index (χ2n) is 7.69. The molecule has 0 fully saturated rings. The van der Waals surface area contributed by atoms with Gasteiger partial charge in [-0.05, 0) is 38.7 Å². The lowest BCUT2D eigenvalue weighted by molar-refractivity contribution is 0.0852. The summed E-state index contributed by atoms with van der Waals surface area (Å²) in [6.45, 7) is 7.87. The fourth-order valence-electron chi connectivity index (χ4n) is 3.74. The molecule has 1 aromatic heterocycles. The van der Waals surface area contributed by atoms with Crippen molar-refractivity contribution < 1.29 is 18.7 Å². The molecule has 1 aliphatic heterocycles. The summed E-state index contributed by atoms with van der Waals surface area (Å²) in [5.41, 5.74) is 1.33. The number of benzene rings is 1. The first-order valence-electron chi connectivity index (χ1n) is 9.77. The SMILES string of the molecule is C#CCOc1c2c(c3c(CCC)cc(=O)oc3c1C(=O)CC)OC(C)(C)CC2. The van der Waals surface area contributed by atoms with Crippen LogP contribution in [0, 0.1) is 12.3 Å². The molecule has 5 nitrogen and oxygen atoms in total. The molecule has 0 saturated heterocycles. The quantitative estimate of drug-likeness (QED) is 0.419. The van der Waals surface area contributed by atoms with E-state index in [1.54, 1.807) is 6.92 Å². The highest BCUT2D eigenvalue weighted by Crippen LogP contribution is 2.47. The topological polar surface area (TPSA) is 65.7 Å². The number of ether oxygens (including phenoxy) is 2. The molecule has 3 rings (SSSR count). The van der Waals surface area contributed by atoms with E-state index in [2.05, 4.69) is 5.92 Å². The van der Waals surface area contributed by atoms with Crippen molar-refractivity contribution >= 4 is 16.8 Å². The molecule has 0 N–H and O–H groups in total. The van der Waals surface area contributed by atoms with Gasteiger partial charge in [-0.3, -0.25) is 4.79 Å². The number of aryl methyl sites for hydroxylation is 1. The predicted molar refractivity (Wildman–Crippen MR) is 108 cm³/mol. The maximum Gasteiger partial charge on any atom is 0.336 e. The van der Waals surface area contributed by atoms with E-state index in [0.717, 1.165) is 24.0 Å². The summed E-state index contributed by atoms with van der Waals surface area (Å²) < 4.78 is 17.7. The molecular weight excluding hydrogens is 356 g/mol. The van der Waals surface area contributed by atoms with Crippen LogP contribution in [0.5, 0.6) is 11.5 Å². The average molecular weight is 382 g/mol. The van der Waals surface area contributed by atoms with E-state index in [1.807, 2.05) is 20.8 Å². The van der Waals surface area contributed by atoms with E-state index in [1.165, 1.54) is 6.07 Å². The Hall–Kier alpha value is -2.74. The van der Waals surface area contributed by atoms with Crippen LogP contribution in [0.2, 0.25) is 0 Å². The second-order valence-corrected chi connectivity index (χ2v) is 7.69. The summed E-state index contributed by atoms with van der Waals surface area (Å²) in [6, 6.07) is 1.50. The molecule has 1 aliphatic rings. The lowest BCUT2D eigenvalue weighted by atomic mass is 9.88. The molecule has 0 atom stereocenters. The van der Waals surface area contributed by atoms with E-state index in [0.29, 0.717) is 35.3 Å². The molecular formula is C23H26O5. The van der Waals surface area contributed by atoms with Crippen LogP contribution in [0.1, 0.15) is 68.4 Å². The number of hydrogen-bond donors (Lipinski definition) is 0. The van der Waals surface area contributed by atoms with Gasteiger partial charge in [0.15, 0.2) is 11.4 Å². The third-order valence-corrected chi connectivity index (χ3v) is 5.05. The molecule has 0 unspecified atom stereocenters. The summed E-state index contributed by atoms with van der Waals surface area (Å²) in [5, 5.41) is 0.703. The van der Waals surface area contributed by atoms with Crippen LogP contribution in [-0.2, 0) is 12.8 Å². The number of Topliss-reactive ketones (excluding diaryl/α,β-unsaturated/α-hetero) is 1. The van der Waals surface area contributed by atoms with Crippen LogP contribution in [0.4, 0.5) is 0 Å². The highest BCUT2D eigenvalue weighted by atomic mass is 16.5. The van der Waals surface area contributed by atoms with Gasteiger partial charge in [-0.15, -0.1) is 6.42 Å². The molecule has 0 bridgehead atoms. The minimum Gasteiger partial charge on any atom is -0.487 e. The Kier molecular flexibility index (Phi) is 5.51. The molecule has 5 heteroatoms. The van der Waals surface area contributed by atoms with Gasteiger partial charge in [0.2, 0.25) is 0 Å².